The second-order valence-corrected chi connectivity index (χ2v) is 6.61. The second kappa shape index (κ2) is 8.84. The number of hydrogen-bond acceptors (Lipinski definition) is 7. The average Bonchev–Trinajstić information content (AvgIpc) is 3.06. The Morgan fingerprint density at radius 2 is 1.89 bits per heavy atom. The molecule has 0 saturated carbocycles. The van der Waals surface area contributed by atoms with Crippen LogP contribution in [0.15, 0.2) is 41.1 Å². The van der Waals surface area contributed by atoms with E-state index in [1.54, 1.807) is 32.9 Å². The lowest BCUT2D eigenvalue weighted by atomic mass is 10.2. The zero-order chi connectivity index (χ0) is 20.7. The van der Waals surface area contributed by atoms with Gasteiger partial charge < -0.3 is 19.9 Å². The molecule has 28 heavy (non-hydrogen) atoms. The fourth-order valence-electron chi connectivity index (χ4n) is 1.92. The number of aromatic nitrogens is 2. The normalized spacial score (nSPS) is 12.0. The Morgan fingerprint density at radius 3 is 2.50 bits per heavy atom. The quantitative estimate of drug-likeness (QED) is 0.626. The van der Waals surface area contributed by atoms with Gasteiger partial charge in [-0.1, -0.05) is 18.2 Å². The van der Waals surface area contributed by atoms with Crippen LogP contribution in [0, 0.1) is 0 Å². The highest BCUT2D eigenvalue weighted by molar-refractivity contribution is 5.83. The summed E-state index contributed by atoms with van der Waals surface area (Å²) >= 11 is 0. The fraction of sp³-hybridized carbons (Fsp3) is 0.353. The van der Waals surface area contributed by atoms with E-state index in [2.05, 4.69) is 15.9 Å². The molecule has 0 fully saturated rings. The molecule has 11 nitrogen and oxygen atoms in total. The van der Waals surface area contributed by atoms with Crippen molar-refractivity contribution in [3.8, 4) is 5.69 Å². The van der Waals surface area contributed by atoms with Crippen molar-refractivity contribution in [2.75, 3.05) is 11.9 Å². The minimum atomic E-state index is -1.48. The third-order valence-corrected chi connectivity index (χ3v) is 3.08. The molecule has 11 heteroatoms. The molecule has 0 spiro atoms. The minimum absolute atomic E-state index is 0.0131. The molecule has 0 aliphatic carbocycles. The average molecular weight is 393 g/mol. The van der Waals surface area contributed by atoms with Crippen LogP contribution in [0.25, 0.3) is 5.69 Å². The van der Waals surface area contributed by atoms with Crippen molar-refractivity contribution in [2.45, 2.75) is 32.4 Å². The number of ether oxygens (including phenoxy) is 2. The highest BCUT2D eigenvalue weighted by Crippen LogP contribution is 2.07. The smallest absolute Gasteiger partial charge is 0.414 e. The molecule has 1 aromatic carbocycles. The van der Waals surface area contributed by atoms with E-state index in [-0.39, 0.29) is 5.88 Å². The molecule has 2 aromatic rings. The summed E-state index contributed by atoms with van der Waals surface area (Å²) in [6, 6.07) is 7.54. The van der Waals surface area contributed by atoms with Gasteiger partial charge in [-0.05, 0) is 25.5 Å². The number of hydrogen-bond donors (Lipinski definition) is 3. The molecular weight excluding hydrogens is 372 g/mol. The number of carboxylic acid groups (broad SMARTS) is 1. The van der Waals surface area contributed by atoms with E-state index in [1.165, 1.54) is 10.9 Å². The fourth-order valence-corrected chi connectivity index (χ4v) is 1.92. The zero-order valence-electron chi connectivity index (χ0n) is 15.5. The minimum Gasteiger partial charge on any atom is -0.480 e. The number of anilines is 1. The maximum atomic E-state index is 11.8. The van der Waals surface area contributed by atoms with Crippen molar-refractivity contribution < 1.29 is 38.2 Å². The maximum Gasteiger partial charge on any atom is 0.414 e. The SMILES string of the molecule is CC(C)(C)OC(=O)N[C@@H](COC(=O)Nc1c[n+](-c2ccccc2)no1)C(=O)O. The molecule has 0 radical (unpaired) electrons. The molecule has 3 N–H and O–H groups in total. The van der Waals surface area contributed by atoms with Crippen LogP contribution >= 0.6 is 0 Å². The number of para-hydroxylation sites is 1. The second-order valence-electron chi connectivity index (χ2n) is 6.61. The summed E-state index contributed by atoms with van der Waals surface area (Å²) in [6.07, 6.45) is -0.513. The largest absolute Gasteiger partial charge is 0.480 e. The summed E-state index contributed by atoms with van der Waals surface area (Å²) in [6.45, 7) is 4.27. The van der Waals surface area contributed by atoms with Gasteiger partial charge in [0.25, 0.3) is 6.20 Å². The van der Waals surface area contributed by atoms with Crippen molar-refractivity contribution in [1.29, 1.82) is 0 Å². The van der Waals surface area contributed by atoms with Crippen LogP contribution < -0.4 is 15.3 Å². The van der Waals surface area contributed by atoms with E-state index >= 15 is 0 Å². The number of aliphatic carboxylic acids is 1. The molecular formula is C17H21N4O7+. The Bertz CT molecular complexity index is 830. The van der Waals surface area contributed by atoms with Gasteiger partial charge in [-0.2, -0.15) is 0 Å². The molecule has 0 bridgehead atoms. The first-order valence-corrected chi connectivity index (χ1v) is 8.24. The number of nitrogens with one attached hydrogen (secondary N) is 2. The molecule has 0 aliphatic heterocycles. The van der Waals surface area contributed by atoms with Crippen molar-refractivity contribution in [3.63, 3.8) is 0 Å². The predicted molar refractivity (Wildman–Crippen MR) is 93.8 cm³/mol. The summed E-state index contributed by atoms with van der Waals surface area (Å²) in [5, 5.41) is 17.3. The van der Waals surface area contributed by atoms with Gasteiger partial charge in [0.2, 0.25) is 11.0 Å². The Morgan fingerprint density at radius 1 is 1.21 bits per heavy atom. The Balaban J connectivity index is 1.87. The molecule has 0 aliphatic rings. The van der Waals surface area contributed by atoms with Crippen molar-refractivity contribution in [1.82, 2.24) is 10.6 Å². The standard InChI is InChI=1S/C17H20N4O7/c1-17(2,3)27-16(25)18-12(14(22)23)10-26-15(24)19-13-9-21(20-28-13)11-7-5-4-6-8-11/h4-9,12H,10H2,1-3H3,(H2-,18,19,20,22,23,24,25)/p+1/t12-/m0/s1. The van der Waals surface area contributed by atoms with Crippen LogP contribution in [0.3, 0.4) is 0 Å². The topological polar surface area (TPSA) is 144 Å². The summed E-state index contributed by atoms with van der Waals surface area (Å²) in [7, 11) is 0. The van der Waals surface area contributed by atoms with Crippen molar-refractivity contribution in [3.05, 3.63) is 36.5 Å². The number of carbonyl (C=O) groups excluding carboxylic acids is 2. The van der Waals surface area contributed by atoms with E-state index < -0.39 is 36.4 Å². The van der Waals surface area contributed by atoms with Gasteiger partial charge in [0.05, 0.1) is 0 Å². The first kappa shape index (κ1) is 20.7. The molecule has 0 unspecified atom stereocenters. The van der Waals surface area contributed by atoms with Gasteiger partial charge in [-0.3, -0.25) is 9.84 Å². The first-order valence-electron chi connectivity index (χ1n) is 8.24. The highest BCUT2D eigenvalue weighted by atomic mass is 16.6. The van der Waals surface area contributed by atoms with Crippen molar-refractivity contribution >= 4 is 24.0 Å². The lowest BCUT2D eigenvalue weighted by Crippen LogP contribution is -2.46. The first-order chi connectivity index (χ1) is 13.1. The third-order valence-electron chi connectivity index (χ3n) is 3.08. The Hall–Kier alpha value is -3.63. The number of amides is 2. The lowest BCUT2D eigenvalue weighted by Gasteiger charge is -2.21. The predicted octanol–water partition coefficient (Wildman–Crippen LogP) is 1.48. The number of benzene rings is 1. The number of carboxylic acids is 1. The van der Waals surface area contributed by atoms with Gasteiger partial charge in [0.15, 0.2) is 6.04 Å². The Labute approximate surface area is 160 Å². The lowest BCUT2D eigenvalue weighted by molar-refractivity contribution is -0.670. The van der Waals surface area contributed by atoms with E-state index in [9.17, 15) is 14.4 Å². The van der Waals surface area contributed by atoms with Gasteiger partial charge in [-0.25, -0.2) is 14.4 Å². The van der Waals surface area contributed by atoms with Gasteiger partial charge in [0, 0.05) is 12.1 Å². The number of rotatable bonds is 6. The van der Waals surface area contributed by atoms with E-state index in [0.717, 1.165) is 0 Å². The van der Waals surface area contributed by atoms with Crippen LogP contribution in [0.1, 0.15) is 20.8 Å². The van der Waals surface area contributed by atoms with Crippen molar-refractivity contribution in [2.24, 2.45) is 0 Å². The van der Waals surface area contributed by atoms with Crippen LogP contribution in [0.4, 0.5) is 15.5 Å². The van der Waals surface area contributed by atoms with Crippen LogP contribution in [-0.2, 0) is 14.3 Å². The molecule has 1 aromatic heterocycles. The number of alkyl carbamates (subject to hydrolysis) is 1. The molecule has 150 valence electrons. The molecule has 1 atom stereocenters. The van der Waals surface area contributed by atoms with E-state index in [4.69, 9.17) is 19.1 Å². The van der Waals surface area contributed by atoms with Gasteiger partial charge in [-0.15, -0.1) is 0 Å². The molecule has 2 rings (SSSR count). The molecule has 1 heterocycles. The van der Waals surface area contributed by atoms with E-state index in [0.29, 0.717) is 5.69 Å². The third kappa shape index (κ3) is 6.59. The summed E-state index contributed by atoms with van der Waals surface area (Å²) in [5.41, 5.74) is -0.0913. The number of nitrogens with zero attached hydrogens (tertiary/aromatic N) is 2. The van der Waals surface area contributed by atoms with E-state index in [1.807, 2.05) is 18.2 Å². The zero-order valence-corrected chi connectivity index (χ0v) is 15.5. The highest BCUT2D eigenvalue weighted by Gasteiger charge is 2.26. The monoisotopic (exact) mass is 393 g/mol. The summed E-state index contributed by atoms with van der Waals surface area (Å²) in [5.74, 6) is -1.40. The molecule has 0 saturated heterocycles. The molecule has 2 amide bonds. The number of carbonyl (C=O) groups is 3. The summed E-state index contributed by atoms with van der Waals surface area (Å²) < 4.78 is 16.1. The summed E-state index contributed by atoms with van der Waals surface area (Å²) in [4.78, 5) is 34.7. The van der Waals surface area contributed by atoms with Crippen LogP contribution in [0.2, 0.25) is 0 Å². The van der Waals surface area contributed by atoms with Crippen LogP contribution in [-0.4, -0.2) is 46.8 Å². The van der Waals surface area contributed by atoms with Gasteiger partial charge >= 0.3 is 24.0 Å². The van der Waals surface area contributed by atoms with Gasteiger partial charge in [0.1, 0.15) is 12.2 Å². The Kier molecular flexibility index (Phi) is 6.53. The maximum absolute atomic E-state index is 11.8. The van der Waals surface area contributed by atoms with Crippen LogP contribution in [0.5, 0.6) is 0 Å².